The Hall–Kier alpha value is -4.58. The molecule has 37 heavy (non-hydrogen) atoms. The van der Waals surface area contributed by atoms with Gasteiger partial charge in [0.05, 0.1) is 13.2 Å². The molecule has 1 aliphatic heterocycles. The van der Waals surface area contributed by atoms with Crippen LogP contribution < -0.4 is 20.7 Å². The van der Waals surface area contributed by atoms with Crippen LogP contribution in [-0.2, 0) is 14.3 Å². The highest BCUT2D eigenvalue weighted by Gasteiger charge is 2.18. The minimum Gasteiger partial charge on any atom is -0.454 e. The van der Waals surface area contributed by atoms with E-state index < -0.39 is 29.9 Å². The maximum Gasteiger partial charge on any atom is 0.323 e. The number of aromatic nitrogens is 1. The molecule has 0 bridgehead atoms. The summed E-state index contributed by atoms with van der Waals surface area (Å²) in [7, 11) is 0. The van der Waals surface area contributed by atoms with Gasteiger partial charge in [0, 0.05) is 42.8 Å². The molecule has 0 unspecified atom stereocenters. The number of anilines is 3. The first-order chi connectivity index (χ1) is 17.9. The standard InChI is InChI=1S/C25H23F2N5O5/c26-16-1-3-17(4-2-16)29-23(33)15-24(34)30-18-5-6-21(20(27)13-18)37-19-7-8-28-22(14-19)31-25(35)32-9-11-36-12-10-32/h1-8,13-14H,9-12,15H2,(H,29,33)(H,30,34)(H,28,31,35). The highest BCUT2D eigenvalue weighted by Crippen LogP contribution is 2.28. The third kappa shape index (κ3) is 7.45. The second kappa shape index (κ2) is 11.9. The molecule has 3 N–H and O–H groups in total. The van der Waals surface area contributed by atoms with E-state index in [0.29, 0.717) is 32.0 Å². The average molecular weight is 511 g/mol. The van der Waals surface area contributed by atoms with Gasteiger partial charge >= 0.3 is 6.03 Å². The predicted molar refractivity (Wildman–Crippen MR) is 130 cm³/mol. The highest BCUT2D eigenvalue weighted by molar-refractivity contribution is 6.08. The number of halogens is 2. The molecule has 1 saturated heterocycles. The van der Waals surface area contributed by atoms with Crippen molar-refractivity contribution >= 4 is 35.0 Å². The normalized spacial score (nSPS) is 13.0. The maximum absolute atomic E-state index is 14.6. The van der Waals surface area contributed by atoms with E-state index in [-0.39, 0.29) is 29.0 Å². The Bertz CT molecular complexity index is 1280. The largest absolute Gasteiger partial charge is 0.454 e. The van der Waals surface area contributed by atoms with E-state index >= 15 is 0 Å². The molecule has 0 spiro atoms. The van der Waals surface area contributed by atoms with Gasteiger partial charge in [-0.15, -0.1) is 0 Å². The van der Waals surface area contributed by atoms with Gasteiger partial charge in [-0.05, 0) is 42.5 Å². The van der Waals surface area contributed by atoms with Crippen LogP contribution in [0.3, 0.4) is 0 Å². The number of urea groups is 1. The van der Waals surface area contributed by atoms with Crippen LogP contribution in [0.15, 0.2) is 60.8 Å². The Morgan fingerprint density at radius 2 is 1.57 bits per heavy atom. The molecular weight excluding hydrogens is 488 g/mol. The van der Waals surface area contributed by atoms with Crippen molar-refractivity contribution < 1.29 is 32.6 Å². The molecule has 1 aliphatic rings. The zero-order chi connectivity index (χ0) is 26.2. The van der Waals surface area contributed by atoms with Crippen molar-refractivity contribution in [3.8, 4) is 11.5 Å². The lowest BCUT2D eigenvalue weighted by Crippen LogP contribution is -2.43. The Kier molecular flexibility index (Phi) is 8.21. The van der Waals surface area contributed by atoms with E-state index in [9.17, 15) is 23.2 Å². The van der Waals surface area contributed by atoms with Crippen LogP contribution in [0.25, 0.3) is 0 Å². The predicted octanol–water partition coefficient (Wildman–Crippen LogP) is 3.98. The molecule has 1 aromatic heterocycles. The Balaban J connectivity index is 1.31. The topological polar surface area (TPSA) is 122 Å². The van der Waals surface area contributed by atoms with E-state index in [2.05, 4.69) is 20.9 Å². The number of ether oxygens (including phenoxy) is 2. The van der Waals surface area contributed by atoms with Gasteiger partial charge in [0.2, 0.25) is 11.8 Å². The summed E-state index contributed by atoms with van der Waals surface area (Å²) in [4.78, 5) is 42.2. The summed E-state index contributed by atoms with van der Waals surface area (Å²) in [5.74, 6) is -2.14. The fourth-order valence-corrected chi connectivity index (χ4v) is 3.38. The molecule has 0 radical (unpaired) electrons. The number of nitrogens with zero attached hydrogens (tertiary/aromatic N) is 2. The first kappa shape index (κ1) is 25.5. The smallest absolute Gasteiger partial charge is 0.323 e. The van der Waals surface area contributed by atoms with Crippen LogP contribution >= 0.6 is 0 Å². The van der Waals surface area contributed by atoms with E-state index in [1.165, 1.54) is 54.7 Å². The molecule has 192 valence electrons. The van der Waals surface area contributed by atoms with Crippen LogP contribution in [-0.4, -0.2) is 54.0 Å². The Morgan fingerprint density at radius 1 is 0.892 bits per heavy atom. The molecular formula is C25H23F2N5O5. The molecule has 0 aliphatic carbocycles. The lowest BCUT2D eigenvalue weighted by Gasteiger charge is -2.26. The summed E-state index contributed by atoms with van der Waals surface area (Å²) >= 11 is 0. The number of carbonyl (C=O) groups is 3. The van der Waals surface area contributed by atoms with E-state index in [1.807, 2.05) is 0 Å². The number of hydrogen-bond donors (Lipinski definition) is 3. The number of carbonyl (C=O) groups excluding carboxylic acids is 3. The fourth-order valence-electron chi connectivity index (χ4n) is 3.38. The zero-order valence-corrected chi connectivity index (χ0v) is 19.5. The fraction of sp³-hybridized carbons (Fsp3) is 0.200. The number of rotatable bonds is 7. The van der Waals surface area contributed by atoms with Crippen molar-refractivity contribution in [1.29, 1.82) is 0 Å². The summed E-state index contributed by atoms with van der Waals surface area (Å²) in [5.41, 5.74) is 0.462. The third-order valence-electron chi connectivity index (χ3n) is 5.16. The number of morpholine rings is 1. The van der Waals surface area contributed by atoms with Gasteiger partial charge < -0.3 is 25.0 Å². The zero-order valence-electron chi connectivity index (χ0n) is 19.5. The van der Waals surface area contributed by atoms with Gasteiger partial charge in [-0.1, -0.05) is 0 Å². The van der Waals surface area contributed by atoms with E-state index in [4.69, 9.17) is 9.47 Å². The molecule has 0 atom stereocenters. The molecule has 12 heteroatoms. The van der Waals surface area contributed by atoms with Crippen molar-refractivity contribution in [2.45, 2.75) is 6.42 Å². The molecule has 2 aromatic carbocycles. The van der Waals surface area contributed by atoms with E-state index in [1.54, 1.807) is 4.90 Å². The van der Waals surface area contributed by atoms with Gasteiger partial charge in [-0.2, -0.15) is 0 Å². The third-order valence-corrected chi connectivity index (χ3v) is 5.16. The number of nitrogens with one attached hydrogen (secondary N) is 3. The number of amides is 4. The number of benzene rings is 2. The summed E-state index contributed by atoms with van der Waals surface area (Å²) in [6.07, 6.45) is 0.890. The SMILES string of the molecule is O=C(CC(=O)Nc1ccc(Oc2ccnc(NC(=O)N3CCOCC3)c2)c(F)c1)Nc1ccc(F)cc1. The summed E-state index contributed by atoms with van der Waals surface area (Å²) < 4.78 is 38.4. The monoisotopic (exact) mass is 511 g/mol. The lowest BCUT2D eigenvalue weighted by molar-refractivity contribution is -0.123. The number of pyridine rings is 1. The van der Waals surface area contributed by atoms with Crippen LogP contribution in [0.4, 0.5) is 30.8 Å². The summed E-state index contributed by atoms with van der Waals surface area (Å²) in [5, 5.41) is 7.57. The Morgan fingerprint density at radius 3 is 2.27 bits per heavy atom. The molecule has 3 aromatic rings. The second-order valence-corrected chi connectivity index (χ2v) is 7.93. The summed E-state index contributed by atoms with van der Waals surface area (Å²) in [6.45, 7) is 1.86. The van der Waals surface area contributed by atoms with Crippen LogP contribution in [0, 0.1) is 11.6 Å². The van der Waals surface area contributed by atoms with Gasteiger partial charge in [0.15, 0.2) is 11.6 Å². The van der Waals surface area contributed by atoms with E-state index in [0.717, 1.165) is 6.07 Å². The molecule has 0 saturated carbocycles. The molecule has 10 nitrogen and oxygen atoms in total. The van der Waals surface area contributed by atoms with Crippen molar-refractivity contribution in [3.05, 3.63) is 72.4 Å². The van der Waals surface area contributed by atoms with Crippen LogP contribution in [0.5, 0.6) is 11.5 Å². The van der Waals surface area contributed by atoms with Gasteiger partial charge in [-0.3, -0.25) is 14.9 Å². The average Bonchev–Trinajstić information content (AvgIpc) is 2.88. The van der Waals surface area contributed by atoms with Gasteiger partial charge in [0.1, 0.15) is 23.8 Å². The van der Waals surface area contributed by atoms with Gasteiger partial charge in [-0.25, -0.2) is 18.6 Å². The summed E-state index contributed by atoms with van der Waals surface area (Å²) in [6, 6.07) is 11.5. The minimum absolute atomic E-state index is 0.122. The quantitative estimate of drug-likeness (QED) is 0.413. The molecule has 1 fully saturated rings. The van der Waals surface area contributed by atoms with Crippen molar-refractivity contribution in [2.75, 3.05) is 42.3 Å². The highest BCUT2D eigenvalue weighted by atomic mass is 19.1. The second-order valence-electron chi connectivity index (χ2n) is 7.93. The first-order valence-corrected chi connectivity index (χ1v) is 11.3. The first-order valence-electron chi connectivity index (χ1n) is 11.3. The maximum atomic E-state index is 14.6. The molecule has 4 amide bonds. The molecule has 4 rings (SSSR count). The Labute approximate surface area is 210 Å². The van der Waals surface area contributed by atoms with Crippen LogP contribution in [0.1, 0.15) is 6.42 Å². The van der Waals surface area contributed by atoms with Crippen molar-refractivity contribution in [1.82, 2.24) is 9.88 Å². The minimum atomic E-state index is -0.760. The molecule has 2 heterocycles. The van der Waals surface area contributed by atoms with Crippen molar-refractivity contribution in [3.63, 3.8) is 0 Å². The number of hydrogen-bond acceptors (Lipinski definition) is 6. The van der Waals surface area contributed by atoms with Gasteiger partial charge in [0.25, 0.3) is 0 Å². The van der Waals surface area contributed by atoms with Crippen LogP contribution in [0.2, 0.25) is 0 Å². The van der Waals surface area contributed by atoms with Crippen molar-refractivity contribution in [2.24, 2.45) is 0 Å². The lowest BCUT2D eigenvalue weighted by atomic mass is 10.2.